The van der Waals surface area contributed by atoms with E-state index in [1.807, 2.05) is 30.2 Å². The Bertz CT molecular complexity index is 956. The number of carbonyl (C=O) groups is 2. The molecule has 0 N–H and O–H groups in total. The first-order valence-electron chi connectivity index (χ1n) is 11.6. The van der Waals surface area contributed by atoms with Crippen LogP contribution in [0.3, 0.4) is 0 Å². The van der Waals surface area contributed by atoms with Crippen LogP contribution in [-0.2, 0) is 20.7 Å². The molecule has 0 aliphatic carbocycles. The van der Waals surface area contributed by atoms with Crippen molar-refractivity contribution in [2.75, 3.05) is 32.8 Å². The second kappa shape index (κ2) is 10.7. The standard InChI is InChI=1S/C25H31FN2O4S/c1-17(2)25(30)27(14-20-4-3-12-31-20)15-24(29)28-11-9-23-21(10-13-33-23)22(28)16-32-19-7-5-18(26)6-8-19/h5-8,10,13,17,20,22H,3-4,9,11-12,14-16H2,1-2H3/t20-,22-/m1/s1. The third kappa shape index (κ3) is 5.73. The summed E-state index contributed by atoms with van der Waals surface area (Å²) in [5, 5.41) is 2.04. The molecule has 1 aromatic carbocycles. The molecule has 2 atom stereocenters. The molecule has 1 fully saturated rings. The molecule has 0 saturated carbocycles. The summed E-state index contributed by atoms with van der Waals surface area (Å²) in [6.45, 7) is 5.73. The highest BCUT2D eigenvalue weighted by Gasteiger charge is 2.34. The Morgan fingerprint density at radius 2 is 2.06 bits per heavy atom. The van der Waals surface area contributed by atoms with Crippen LogP contribution in [0.4, 0.5) is 4.39 Å². The third-order valence-corrected chi connectivity index (χ3v) is 7.21. The van der Waals surface area contributed by atoms with Gasteiger partial charge in [-0.05, 0) is 60.5 Å². The molecule has 3 heterocycles. The molecule has 2 aromatic rings. The zero-order chi connectivity index (χ0) is 23.4. The molecule has 2 aliphatic heterocycles. The maximum Gasteiger partial charge on any atom is 0.242 e. The van der Waals surface area contributed by atoms with Crippen molar-refractivity contribution in [1.82, 2.24) is 9.80 Å². The van der Waals surface area contributed by atoms with E-state index in [-0.39, 0.29) is 48.8 Å². The second-order valence-electron chi connectivity index (χ2n) is 8.93. The molecule has 8 heteroatoms. The predicted octanol–water partition coefficient (Wildman–Crippen LogP) is 4.06. The number of rotatable bonds is 8. The first-order valence-corrected chi connectivity index (χ1v) is 12.4. The Labute approximate surface area is 198 Å². The van der Waals surface area contributed by atoms with Crippen LogP contribution >= 0.6 is 11.3 Å². The molecule has 178 valence electrons. The van der Waals surface area contributed by atoms with Crippen LogP contribution in [0.15, 0.2) is 35.7 Å². The van der Waals surface area contributed by atoms with E-state index >= 15 is 0 Å². The fraction of sp³-hybridized carbons (Fsp3) is 0.520. The van der Waals surface area contributed by atoms with Gasteiger partial charge in [-0.1, -0.05) is 13.8 Å². The van der Waals surface area contributed by atoms with E-state index in [0.29, 0.717) is 25.4 Å². The number of fused-ring (bicyclic) bond motifs is 1. The number of hydrogen-bond acceptors (Lipinski definition) is 5. The van der Waals surface area contributed by atoms with Crippen LogP contribution in [0.2, 0.25) is 0 Å². The van der Waals surface area contributed by atoms with Gasteiger partial charge in [0.1, 0.15) is 18.2 Å². The summed E-state index contributed by atoms with van der Waals surface area (Å²) in [6, 6.07) is 7.68. The Kier molecular flexibility index (Phi) is 7.65. The lowest BCUT2D eigenvalue weighted by molar-refractivity contribution is -0.145. The SMILES string of the molecule is CC(C)C(=O)N(CC(=O)N1CCc2sccc2[C@H]1COc1ccc(F)cc1)C[C@H]1CCCO1. The van der Waals surface area contributed by atoms with Gasteiger partial charge >= 0.3 is 0 Å². The van der Waals surface area contributed by atoms with Crippen molar-refractivity contribution in [3.63, 3.8) is 0 Å². The number of benzene rings is 1. The molecule has 1 aromatic heterocycles. The van der Waals surface area contributed by atoms with Crippen LogP contribution < -0.4 is 4.74 Å². The number of nitrogens with zero attached hydrogens (tertiary/aromatic N) is 2. The van der Waals surface area contributed by atoms with Gasteiger partial charge in [0.25, 0.3) is 0 Å². The Balaban J connectivity index is 1.49. The highest BCUT2D eigenvalue weighted by molar-refractivity contribution is 7.10. The van der Waals surface area contributed by atoms with Crippen molar-refractivity contribution < 1.29 is 23.5 Å². The monoisotopic (exact) mass is 474 g/mol. The van der Waals surface area contributed by atoms with Gasteiger partial charge in [-0.25, -0.2) is 4.39 Å². The van der Waals surface area contributed by atoms with Crippen LogP contribution in [0, 0.1) is 11.7 Å². The average molecular weight is 475 g/mol. The van der Waals surface area contributed by atoms with E-state index in [0.717, 1.165) is 24.8 Å². The van der Waals surface area contributed by atoms with Crippen molar-refractivity contribution in [1.29, 1.82) is 0 Å². The van der Waals surface area contributed by atoms with Gasteiger partial charge in [0, 0.05) is 30.5 Å². The van der Waals surface area contributed by atoms with Gasteiger partial charge in [0.15, 0.2) is 0 Å². The van der Waals surface area contributed by atoms with E-state index in [2.05, 4.69) is 0 Å². The largest absolute Gasteiger partial charge is 0.491 e. The molecule has 33 heavy (non-hydrogen) atoms. The van der Waals surface area contributed by atoms with Gasteiger partial charge in [-0.2, -0.15) is 0 Å². The van der Waals surface area contributed by atoms with Crippen molar-refractivity contribution in [3.05, 3.63) is 52.0 Å². The molecule has 0 spiro atoms. The summed E-state index contributed by atoms with van der Waals surface area (Å²) in [4.78, 5) is 31.1. The summed E-state index contributed by atoms with van der Waals surface area (Å²) in [7, 11) is 0. The number of thiophene rings is 1. The summed E-state index contributed by atoms with van der Waals surface area (Å²) in [5.74, 6) is -0.0846. The van der Waals surface area contributed by atoms with E-state index in [1.54, 1.807) is 28.4 Å². The highest BCUT2D eigenvalue weighted by atomic mass is 32.1. The lowest BCUT2D eigenvalue weighted by atomic mass is 10.00. The summed E-state index contributed by atoms with van der Waals surface area (Å²) in [5.41, 5.74) is 1.09. The topological polar surface area (TPSA) is 59.1 Å². The number of ether oxygens (including phenoxy) is 2. The average Bonchev–Trinajstić information content (AvgIpc) is 3.49. The third-order valence-electron chi connectivity index (χ3n) is 6.22. The van der Waals surface area contributed by atoms with Crippen LogP contribution in [0.1, 0.15) is 43.2 Å². The first kappa shape index (κ1) is 23.7. The molecule has 1 saturated heterocycles. The maximum atomic E-state index is 13.5. The first-order chi connectivity index (χ1) is 15.9. The molecule has 0 bridgehead atoms. The molecule has 4 rings (SSSR count). The molecule has 6 nitrogen and oxygen atoms in total. The summed E-state index contributed by atoms with van der Waals surface area (Å²) >= 11 is 1.69. The molecular weight excluding hydrogens is 443 g/mol. The smallest absolute Gasteiger partial charge is 0.242 e. The zero-order valence-electron chi connectivity index (χ0n) is 19.2. The maximum absolute atomic E-state index is 13.5. The lowest BCUT2D eigenvalue weighted by Gasteiger charge is -2.37. The minimum absolute atomic E-state index is 0.0112. The van der Waals surface area contributed by atoms with Gasteiger partial charge < -0.3 is 19.3 Å². The molecule has 2 aliphatic rings. The Morgan fingerprint density at radius 3 is 2.76 bits per heavy atom. The van der Waals surface area contributed by atoms with E-state index in [9.17, 15) is 14.0 Å². The van der Waals surface area contributed by atoms with Crippen molar-refractivity contribution in [2.24, 2.45) is 5.92 Å². The number of amides is 2. The van der Waals surface area contributed by atoms with Gasteiger partial charge in [-0.3, -0.25) is 9.59 Å². The minimum atomic E-state index is -0.321. The minimum Gasteiger partial charge on any atom is -0.491 e. The number of carbonyl (C=O) groups excluding carboxylic acids is 2. The lowest BCUT2D eigenvalue weighted by Crippen LogP contribution is -2.50. The molecule has 0 radical (unpaired) electrons. The number of hydrogen-bond donors (Lipinski definition) is 0. The Morgan fingerprint density at radius 1 is 1.27 bits per heavy atom. The quantitative estimate of drug-likeness (QED) is 0.579. The van der Waals surface area contributed by atoms with Crippen molar-refractivity contribution in [3.8, 4) is 5.75 Å². The van der Waals surface area contributed by atoms with E-state index < -0.39 is 0 Å². The van der Waals surface area contributed by atoms with Crippen LogP contribution in [0.5, 0.6) is 5.75 Å². The summed E-state index contributed by atoms with van der Waals surface area (Å²) < 4.78 is 24.9. The zero-order valence-corrected chi connectivity index (χ0v) is 20.0. The second-order valence-corrected chi connectivity index (χ2v) is 9.93. The molecule has 0 unspecified atom stereocenters. The van der Waals surface area contributed by atoms with Crippen molar-refractivity contribution >= 4 is 23.2 Å². The van der Waals surface area contributed by atoms with Crippen LogP contribution in [0.25, 0.3) is 0 Å². The van der Waals surface area contributed by atoms with E-state index in [1.165, 1.54) is 17.0 Å². The fourth-order valence-corrected chi connectivity index (χ4v) is 5.39. The van der Waals surface area contributed by atoms with Gasteiger partial charge in [0.05, 0.1) is 18.7 Å². The highest BCUT2D eigenvalue weighted by Crippen LogP contribution is 2.34. The molecule has 2 amide bonds. The Hall–Kier alpha value is -2.45. The van der Waals surface area contributed by atoms with Gasteiger partial charge in [0.2, 0.25) is 11.8 Å². The van der Waals surface area contributed by atoms with Crippen LogP contribution in [-0.4, -0.2) is 60.6 Å². The number of halogens is 1. The fourth-order valence-electron chi connectivity index (χ4n) is 4.47. The normalized spacial score (nSPS) is 20.1. The van der Waals surface area contributed by atoms with Gasteiger partial charge in [-0.15, -0.1) is 11.3 Å². The van der Waals surface area contributed by atoms with Crippen molar-refractivity contribution in [2.45, 2.75) is 45.3 Å². The summed E-state index contributed by atoms with van der Waals surface area (Å²) in [6.07, 6.45) is 2.67. The molecular formula is C25H31FN2O4S. The predicted molar refractivity (Wildman–Crippen MR) is 125 cm³/mol. The van der Waals surface area contributed by atoms with E-state index in [4.69, 9.17) is 9.47 Å².